The topological polar surface area (TPSA) is 66.4 Å². The van der Waals surface area contributed by atoms with Crippen LogP contribution >= 0.6 is 11.8 Å². The smallest absolute Gasteiger partial charge is 0.326 e. The Labute approximate surface area is 124 Å². The second-order valence-electron chi connectivity index (χ2n) is 4.80. The minimum absolute atomic E-state index is 0.104. The molecule has 0 saturated heterocycles. The molecule has 0 aliphatic rings. The van der Waals surface area contributed by atoms with Crippen molar-refractivity contribution in [2.24, 2.45) is 5.92 Å². The monoisotopic (exact) mass is 295 g/mol. The number of benzene rings is 1. The van der Waals surface area contributed by atoms with E-state index >= 15 is 0 Å². The number of carboxylic acids is 1. The number of rotatable bonds is 7. The fourth-order valence-corrected chi connectivity index (χ4v) is 2.35. The Kier molecular flexibility index (Phi) is 6.58. The number of aliphatic carboxylic acids is 1. The van der Waals surface area contributed by atoms with Crippen molar-refractivity contribution in [3.63, 3.8) is 0 Å². The first-order valence-corrected chi connectivity index (χ1v) is 8.00. The van der Waals surface area contributed by atoms with Crippen LogP contribution in [0.1, 0.15) is 36.2 Å². The van der Waals surface area contributed by atoms with Crippen LogP contribution in [-0.4, -0.2) is 29.3 Å². The molecule has 0 spiro atoms. The van der Waals surface area contributed by atoms with Crippen molar-refractivity contribution in [1.29, 1.82) is 0 Å². The molecule has 2 atom stereocenters. The quantitative estimate of drug-likeness (QED) is 0.811. The predicted molar refractivity (Wildman–Crippen MR) is 82.0 cm³/mol. The molecule has 20 heavy (non-hydrogen) atoms. The van der Waals surface area contributed by atoms with Crippen LogP contribution in [-0.2, 0) is 10.5 Å². The fourth-order valence-electron chi connectivity index (χ4n) is 1.83. The normalized spacial score (nSPS) is 13.6. The van der Waals surface area contributed by atoms with Crippen LogP contribution in [0.5, 0.6) is 0 Å². The zero-order chi connectivity index (χ0) is 15.1. The first kappa shape index (κ1) is 16.6. The number of nitrogens with one attached hydrogen (secondary N) is 1. The lowest BCUT2D eigenvalue weighted by Gasteiger charge is -2.20. The maximum atomic E-state index is 12.1. The van der Waals surface area contributed by atoms with Crippen LogP contribution in [0.2, 0.25) is 0 Å². The van der Waals surface area contributed by atoms with Gasteiger partial charge < -0.3 is 10.4 Å². The molecule has 1 aromatic carbocycles. The molecule has 110 valence electrons. The molecule has 0 heterocycles. The largest absolute Gasteiger partial charge is 0.480 e. The van der Waals surface area contributed by atoms with Gasteiger partial charge in [0.25, 0.3) is 5.91 Å². The van der Waals surface area contributed by atoms with Gasteiger partial charge in [-0.15, -0.1) is 0 Å². The van der Waals surface area contributed by atoms with Crippen molar-refractivity contribution >= 4 is 23.6 Å². The molecule has 0 aromatic heterocycles. The summed E-state index contributed by atoms with van der Waals surface area (Å²) in [6, 6.07) is 6.40. The summed E-state index contributed by atoms with van der Waals surface area (Å²) in [7, 11) is 0. The Balaban J connectivity index is 2.76. The van der Waals surface area contributed by atoms with E-state index in [2.05, 4.69) is 5.32 Å². The van der Waals surface area contributed by atoms with Crippen LogP contribution in [0.4, 0.5) is 0 Å². The Hall–Kier alpha value is -1.49. The first-order valence-electron chi connectivity index (χ1n) is 6.61. The SMILES string of the molecule is CCC(C)[C@H](NC(=O)c1ccc(CSC)cc1)C(=O)O. The lowest BCUT2D eigenvalue weighted by atomic mass is 9.99. The van der Waals surface area contributed by atoms with Gasteiger partial charge in [-0.05, 0) is 29.9 Å². The molecule has 2 N–H and O–H groups in total. The van der Waals surface area contributed by atoms with Gasteiger partial charge in [0.1, 0.15) is 6.04 Å². The summed E-state index contributed by atoms with van der Waals surface area (Å²) in [5, 5.41) is 11.8. The molecule has 4 nitrogen and oxygen atoms in total. The van der Waals surface area contributed by atoms with E-state index < -0.39 is 12.0 Å². The van der Waals surface area contributed by atoms with Gasteiger partial charge in [-0.3, -0.25) is 4.79 Å². The highest BCUT2D eigenvalue weighted by atomic mass is 32.2. The van der Waals surface area contributed by atoms with E-state index in [1.54, 1.807) is 23.9 Å². The summed E-state index contributed by atoms with van der Waals surface area (Å²) < 4.78 is 0. The van der Waals surface area contributed by atoms with Gasteiger partial charge in [0.2, 0.25) is 0 Å². The first-order chi connectivity index (χ1) is 9.49. The van der Waals surface area contributed by atoms with E-state index in [0.29, 0.717) is 12.0 Å². The molecule has 0 bridgehead atoms. The summed E-state index contributed by atoms with van der Waals surface area (Å²) in [5.41, 5.74) is 1.63. The number of carbonyl (C=O) groups is 2. The molecule has 1 amide bonds. The number of carbonyl (C=O) groups excluding carboxylic acids is 1. The third-order valence-corrected chi connectivity index (χ3v) is 3.91. The highest BCUT2D eigenvalue weighted by molar-refractivity contribution is 7.97. The standard InChI is InChI=1S/C15H21NO3S/c1-4-10(2)13(15(18)19)16-14(17)12-7-5-11(6-8-12)9-20-3/h5-8,10,13H,4,9H2,1-3H3,(H,16,17)(H,18,19)/t10?,13-/m0/s1. The molecule has 1 unspecified atom stereocenters. The van der Waals surface area contributed by atoms with Gasteiger partial charge in [0.05, 0.1) is 0 Å². The van der Waals surface area contributed by atoms with E-state index in [9.17, 15) is 9.59 Å². The summed E-state index contributed by atoms with van der Waals surface area (Å²) in [4.78, 5) is 23.3. The third kappa shape index (κ3) is 4.56. The highest BCUT2D eigenvalue weighted by Crippen LogP contribution is 2.12. The van der Waals surface area contributed by atoms with Gasteiger partial charge in [-0.1, -0.05) is 32.4 Å². The maximum Gasteiger partial charge on any atom is 0.326 e. The molecule has 0 aliphatic heterocycles. The van der Waals surface area contributed by atoms with Crippen molar-refractivity contribution in [3.05, 3.63) is 35.4 Å². The zero-order valence-corrected chi connectivity index (χ0v) is 12.9. The van der Waals surface area contributed by atoms with Crippen LogP contribution in [0.15, 0.2) is 24.3 Å². The van der Waals surface area contributed by atoms with Crippen LogP contribution in [0.3, 0.4) is 0 Å². The van der Waals surface area contributed by atoms with Crippen LogP contribution in [0, 0.1) is 5.92 Å². The average Bonchev–Trinajstić information content (AvgIpc) is 2.44. The number of thioether (sulfide) groups is 1. The molecule has 1 aromatic rings. The van der Waals surface area contributed by atoms with Crippen molar-refractivity contribution < 1.29 is 14.7 Å². The van der Waals surface area contributed by atoms with Gasteiger partial charge >= 0.3 is 5.97 Å². The Morgan fingerprint density at radius 3 is 2.35 bits per heavy atom. The van der Waals surface area contributed by atoms with Crippen LogP contribution in [0.25, 0.3) is 0 Å². The molecule has 5 heteroatoms. The Morgan fingerprint density at radius 2 is 1.90 bits per heavy atom. The van der Waals surface area contributed by atoms with Gasteiger partial charge in [-0.2, -0.15) is 11.8 Å². The minimum atomic E-state index is -0.994. The number of amides is 1. The summed E-state index contributed by atoms with van der Waals surface area (Å²) >= 11 is 1.71. The Morgan fingerprint density at radius 1 is 1.30 bits per heavy atom. The van der Waals surface area contributed by atoms with Gasteiger partial charge in [0, 0.05) is 11.3 Å². The van der Waals surface area contributed by atoms with Crippen molar-refractivity contribution in [2.75, 3.05) is 6.26 Å². The summed E-state index contributed by atoms with van der Waals surface area (Å²) in [6.07, 6.45) is 2.72. The van der Waals surface area contributed by atoms with E-state index in [1.807, 2.05) is 32.2 Å². The van der Waals surface area contributed by atoms with Gasteiger partial charge in [-0.25, -0.2) is 4.79 Å². The molecule has 0 radical (unpaired) electrons. The van der Waals surface area contributed by atoms with E-state index in [1.165, 1.54) is 0 Å². The van der Waals surface area contributed by atoms with Gasteiger partial charge in [0.15, 0.2) is 0 Å². The molecular weight excluding hydrogens is 274 g/mol. The number of hydrogen-bond acceptors (Lipinski definition) is 3. The van der Waals surface area contributed by atoms with E-state index in [0.717, 1.165) is 11.3 Å². The number of carboxylic acid groups (broad SMARTS) is 1. The average molecular weight is 295 g/mol. The molecule has 1 rings (SSSR count). The van der Waals surface area contributed by atoms with E-state index in [-0.39, 0.29) is 11.8 Å². The second kappa shape index (κ2) is 7.94. The predicted octanol–water partition coefficient (Wildman–Crippen LogP) is 2.78. The molecular formula is C15H21NO3S. The van der Waals surface area contributed by atoms with Crippen LogP contribution < -0.4 is 5.32 Å². The van der Waals surface area contributed by atoms with E-state index in [4.69, 9.17) is 5.11 Å². The summed E-state index contributed by atoms with van der Waals surface area (Å²) in [6.45, 7) is 3.73. The molecule has 0 aliphatic carbocycles. The Bertz CT molecular complexity index is 459. The van der Waals surface area contributed by atoms with Crippen molar-refractivity contribution in [3.8, 4) is 0 Å². The lowest BCUT2D eigenvalue weighted by Crippen LogP contribution is -2.45. The number of hydrogen-bond donors (Lipinski definition) is 2. The maximum absolute atomic E-state index is 12.1. The minimum Gasteiger partial charge on any atom is -0.480 e. The zero-order valence-electron chi connectivity index (χ0n) is 12.1. The van der Waals surface area contributed by atoms with Crippen molar-refractivity contribution in [2.45, 2.75) is 32.1 Å². The van der Waals surface area contributed by atoms with Crippen molar-refractivity contribution in [1.82, 2.24) is 5.32 Å². The second-order valence-corrected chi connectivity index (χ2v) is 5.67. The molecule has 0 fully saturated rings. The third-order valence-electron chi connectivity index (χ3n) is 3.29. The molecule has 0 saturated carbocycles. The fraction of sp³-hybridized carbons (Fsp3) is 0.467. The highest BCUT2D eigenvalue weighted by Gasteiger charge is 2.25. The lowest BCUT2D eigenvalue weighted by molar-refractivity contribution is -0.140. The summed E-state index contributed by atoms with van der Waals surface area (Å²) in [5.74, 6) is -0.542.